The summed E-state index contributed by atoms with van der Waals surface area (Å²) in [4.78, 5) is 8.33. The summed E-state index contributed by atoms with van der Waals surface area (Å²) < 4.78 is 0. The predicted octanol–water partition coefficient (Wildman–Crippen LogP) is 3.50. The molecule has 1 aliphatic heterocycles. The molecule has 1 aliphatic rings. The largest absolute Gasteiger partial charge is 0.385 e. The summed E-state index contributed by atoms with van der Waals surface area (Å²) in [5.41, 5.74) is 12.9. The van der Waals surface area contributed by atoms with Crippen LogP contribution in [0.5, 0.6) is 0 Å². The van der Waals surface area contributed by atoms with Crippen molar-refractivity contribution >= 4 is 17.2 Å². The van der Waals surface area contributed by atoms with Crippen LogP contribution in [0.4, 0.5) is 5.95 Å². The van der Waals surface area contributed by atoms with Gasteiger partial charge in [0.1, 0.15) is 0 Å². The van der Waals surface area contributed by atoms with E-state index in [0.717, 1.165) is 41.1 Å². The Morgan fingerprint density at radius 2 is 2.17 bits per heavy atom. The number of nitrogens with zero attached hydrogens (tertiary/aromatic N) is 2. The van der Waals surface area contributed by atoms with Crippen LogP contribution in [0.3, 0.4) is 0 Å². The number of fused-ring (bicyclic) bond motifs is 1. The molecule has 2 heterocycles. The van der Waals surface area contributed by atoms with Gasteiger partial charge in [-0.05, 0) is 36.0 Å². The van der Waals surface area contributed by atoms with E-state index in [-0.39, 0.29) is 5.95 Å². The van der Waals surface area contributed by atoms with Gasteiger partial charge >= 0.3 is 0 Å². The van der Waals surface area contributed by atoms with Crippen LogP contribution < -0.4 is 11.1 Å². The number of hydrogen-bond acceptors (Lipinski definition) is 4. The zero-order valence-electron chi connectivity index (χ0n) is 13.7. The van der Waals surface area contributed by atoms with Crippen molar-refractivity contribution in [3.05, 3.63) is 65.5 Å². The molecule has 23 heavy (non-hydrogen) atoms. The Morgan fingerprint density at radius 3 is 2.91 bits per heavy atom. The van der Waals surface area contributed by atoms with E-state index in [2.05, 4.69) is 53.6 Å². The number of rotatable bonds is 2. The Hall–Kier alpha value is -2.62. The molecule has 0 radical (unpaired) electrons. The minimum Gasteiger partial charge on any atom is -0.385 e. The summed E-state index contributed by atoms with van der Waals surface area (Å²) in [6.07, 6.45) is 2.83. The van der Waals surface area contributed by atoms with Gasteiger partial charge in [-0.15, -0.1) is 0 Å². The van der Waals surface area contributed by atoms with Crippen molar-refractivity contribution in [2.24, 2.45) is 0 Å². The Balaban J connectivity index is 2.04. The van der Waals surface area contributed by atoms with Crippen molar-refractivity contribution in [2.75, 3.05) is 12.3 Å². The summed E-state index contributed by atoms with van der Waals surface area (Å²) in [7, 11) is 0. The maximum Gasteiger partial charge on any atom is 0.220 e. The fourth-order valence-electron chi connectivity index (χ4n) is 3.06. The Kier molecular flexibility index (Phi) is 3.90. The average molecular weight is 306 g/mol. The zero-order valence-corrected chi connectivity index (χ0v) is 13.7. The van der Waals surface area contributed by atoms with E-state index in [9.17, 15) is 0 Å². The van der Waals surface area contributed by atoms with E-state index < -0.39 is 0 Å². The molecule has 0 saturated heterocycles. The van der Waals surface area contributed by atoms with E-state index in [4.69, 9.17) is 5.73 Å². The van der Waals surface area contributed by atoms with Crippen LogP contribution in [0.15, 0.2) is 37.6 Å². The third kappa shape index (κ3) is 2.84. The van der Waals surface area contributed by atoms with Crippen LogP contribution in [0, 0.1) is 6.92 Å². The van der Waals surface area contributed by atoms with Crippen molar-refractivity contribution in [3.63, 3.8) is 0 Å². The summed E-state index contributed by atoms with van der Waals surface area (Å²) in [5, 5.41) is 3.38. The highest BCUT2D eigenvalue weighted by Gasteiger charge is 2.18. The van der Waals surface area contributed by atoms with Crippen LogP contribution in [-0.2, 0) is 0 Å². The lowest BCUT2D eigenvalue weighted by Crippen LogP contribution is -2.10. The van der Waals surface area contributed by atoms with E-state index in [1.807, 2.05) is 6.92 Å². The molecule has 4 heteroatoms. The number of anilines is 1. The van der Waals surface area contributed by atoms with Crippen LogP contribution in [-0.4, -0.2) is 16.5 Å². The summed E-state index contributed by atoms with van der Waals surface area (Å²) in [5.74, 6) is 0.769. The lowest BCUT2D eigenvalue weighted by molar-refractivity contribution is 0.672. The molecule has 1 unspecified atom stereocenters. The highest BCUT2D eigenvalue weighted by molar-refractivity contribution is 5.80. The number of aryl methyl sites for hydroxylation is 1. The first kappa shape index (κ1) is 15.3. The topological polar surface area (TPSA) is 63.8 Å². The van der Waals surface area contributed by atoms with E-state index in [1.54, 1.807) is 6.20 Å². The molecule has 118 valence electrons. The second-order valence-electron chi connectivity index (χ2n) is 6.10. The van der Waals surface area contributed by atoms with Gasteiger partial charge in [0.2, 0.25) is 5.95 Å². The fourth-order valence-corrected chi connectivity index (χ4v) is 3.06. The van der Waals surface area contributed by atoms with E-state index >= 15 is 0 Å². The van der Waals surface area contributed by atoms with Gasteiger partial charge < -0.3 is 11.1 Å². The van der Waals surface area contributed by atoms with Gasteiger partial charge in [0.05, 0.1) is 5.69 Å². The number of nitrogens with two attached hydrogens (primary N) is 1. The molecule has 2 aromatic rings. The number of hydrogen-bond donors (Lipinski definition) is 2. The zero-order chi connectivity index (χ0) is 16.6. The molecule has 0 spiro atoms. The smallest absolute Gasteiger partial charge is 0.220 e. The first-order valence-corrected chi connectivity index (χ1v) is 7.83. The van der Waals surface area contributed by atoms with Gasteiger partial charge in [-0.3, -0.25) is 0 Å². The molecule has 4 nitrogen and oxygen atoms in total. The molecule has 3 N–H and O–H groups in total. The standard InChI is InChI=1S/C19H22N4/c1-11-7-8-21-13(3)16-6-5-15(9-17(11)16)12(2)18-10-22-19(20)23-14(18)4/h5-6,9-11,21H,2-3,7-8H2,1,4H3,(H2,20,22,23). The predicted molar refractivity (Wildman–Crippen MR) is 95.8 cm³/mol. The van der Waals surface area contributed by atoms with Crippen LogP contribution >= 0.6 is 0 Å². The minimum atomic E-state index is 0.289. The summed E-state index contributed by atoms with van der Waals surface area (Å²) in [6, 6.07) is 6.43. The normalized spacial score (nSPS) is 17.1. The molecule has 1 aromatic carbocycles. The van der Waals surface area contributed by atoms with Crippen molar-refractivity contribution in [3.8, 4) is 0 Å². The van der Waals surface area contributed by atoms with Crippen molar-refractivity contribution in [1.29, 1.82) is 0 Å². The second-order valence-corrected chi connectivity index (χ2v) is 6.10. The van der Waals surface area contributed by atoms with Gasteiger partial charge in [0.25, 0.3) is 0 Å². The third-order valence-electron chi connectivity index (χ3n) is 4.49. The highest BCUT2D eigenvalue weighted by Crippen LogP contribution is 2.33. The molecular formula is C19H22N4. The molecule has 0 saturated carbocycles. The quantitative estimate of drug-likeness (QED) is 0.891. The van der Waals surface area contributed by atoms with E-state index in [0.29, 0.717) is 5.92 Å². The lowest BCUT2D eigenvalue weighted by Gasteiger charge is -2.16. The van der Waals surface area contributed by atoms with Crippen molar-refractivity contribution < 1.29 is 0 Å². The number of nitrogen functional groups attached to an aromatic ring is 1. The molecular weight excluding hydrogens is 284 g/mol. The molecule has 1 aromatic heterocycles. The third-order valence-corrected chi connectivity index (χ3v) is 4.49. The Bertz CT molecular complexity index is 792. The average Bonchev–Trinajstić information content (AvgIpc) is 2.66. The van der Waals surface area contributed by atoms with Crippen LogP contribution in [0.2, 0.25) is 0 Å². The van der Waals surface area contributed by atoms with Gasteiger partial charge in [0, 0.05) is 29.6 Å². The number of aromatic nitrogens is 2. The van der Waals surface area contributed by atoms with Gasteiger partial charge in [-0.2, -0.15) is 0 Å². The van der Waals surface area contributed by atoms with Crippen LogP contribution in [0.25, 0.3) is 11.3 Å². The van der Waals surface area contributed by atoms with Gasteiger partial charge in [0.15, 0.2) is 0 Å². The summed E-state index contributed by atoms with van der Waals surface area (Å²) in [6.45, 7) is 13.5. The molecule has 0 amide bonds. The lowest BCUT2D eigenvalue weighted by atomic mass is 9.89. The number of nitrogens with one attached hydrogen (secondary N) is 1. The Labute approximate surface area is 137 Å². The second kappa shape index (κ2) is 5.88. The molecule has 0 bridgehead atoms. The molecule has 0 aliphatic carbocycles. The Morgan fingerprint density at radius 1 is 1.39 bits per heavy atom. The maximum atomic E-state index is 5.64. The minimum absolute atomic E-state index is 0.289. The molecule has 0 fully saturated rings. The monoisotopic (exact) mass is 306 g/mol. The fraction of sp³-hybridized carbons (Fsp3) is 0.263. The van der Waals surface area contributed by atoms with Gasteiger partial charge in [-0.25, -0.2) is 9.97 Å². The number of benzene rings is 1. The summed E-state index contributed by atoms with van der Waals surface area (Å²) >= 11 is 0. The molecule has 3 rings (SSSR count). The van der Waals surface area contributed by atoms with Crippen molar-refractivity contribution in [1.82, 2.24) is 15.3 Å². The van der Waals surface area contributed by atoms with Gasteiger partial charge in [-0.1, -0.05) is 38.3 Å². The molecule has 1 atom stereocenters. The van der Waals surface area contributed by atoms with Crippen LogP contribution in [0.1, 0.15) is 47.2 Å². The first-order valence-electron chi connectivity index (χ1n) is 7.83. The highest BCUT2D eigenvalue weighted by atomic mass is 15.0. The SMILES string of the molecule is C=C1NCCC(C)c2cc(C(=C)c3cnc(N)nc3C)ccc21. The van der Waals surface area contributed by atoms with Crippen molar-refractivity contribution in [2.45, 2.75) is 26.2 Å². The van der Waals surface area contributed by atoms with E-state index in [1.165, 1.54) is 11.1 Å². The first-order chi connectivity index (χ1) is 11.0. The maximum absolute atomic E-state index is 5.64.